The van der Waals surface area contributed by atoms with Gasteiger partial charge in [0.15, 0.2) is 5.84 Å². The van der Waals surface area contributed by atoms with E-state index in [9.17, 15) is 5.11 Å². The summed E-state index contributed by atoms with van der Waals surface area (Å²) in [6, 6.07) is 8.44. The minimum absolute atomic E-state index is 0.268. The topological polar surface area (TPSA) is 64.0 Å². The van der Waals surface area contributed by atoms with Crippen LogP contribution in [0.3, 0.4) is 0 Å². The Morgan fingerprint density at radius 2 is 2.03 bits per heavy atom. The van der Waals surface area contributed by atoms with Gasteiger partial charge in [0.05, 0.1) is 22.0 Å². The first kappa shape index (κ1) is 20.3. The lowest BCUT2D eigenvalue weighted by molar-refractivity contribution is 0.0218. The van der Waals surface area contributed by atoms with Crippen molar-refractivity contribution < 1.29 is 5.11 Å². The van der Waals surface area contributed by atoms with E-state index in [0.29, 0.717) is 5.92 Å². The second-order valence-electron chi connectivity index (χ2n) is 9.06. The van der Waals surface area contributed by atoms with Crippen LogP contribution in [0.1, 0.15) is 50.7 Å². The van der Waals surface area contributed by atoms with E-state index >= 15 is 0 Å². The Morgan fingerprint density at radius 3 is 2.76 bits per heavy atom. The number of likely N-dealkylation sites (N-methyl/N-ethyl adjacent to an activating group) is 1. The van der Waals surface area contributed by atoms with Gasteiger partial charge in [-0.15, -0.1) is 11.3 Å². The van der Waals surface area contributed by atoms with E-state index in [1.807, 2.05) is 32.0 Å². The molecule has 6 nitrogen and oxygen atoms in total. The highest BCUT2D eigenvalue weighted by atomic mass is 32.1. The zero-order valence-electron chi connectivity index (χ0n) is 17.9. The fourth-order valence-electron chi connectivity index (χ4n) is 3.94. The van der Waals surface area contributed by atoms with Gasteiger partial charge in [0.2, 0.25) is 0 Å². The predicted octanol–water partition coefficient (Wildman–Crippen LogP) is 4.18. The molecule has 156 valence electrons. The second-order valence-corrected chi connectivity index (χ2v) is 10.1. The lowest BCUT2D eigenvalue weighted by Gasteiger charge is -2.42. The number of hydrogen-bond donors (Lipinski definition) is 2. The average Bonchev–Trinajstić information content (AvgIpc) is 2.99. The molecule has 0 spiro atoms. The van der Waals surface area contributed by atoms with Gasteiger partial charge in [-0.25, -0.2) is 9.98 Å². The summed E-state index contributed by atoms with van der Waals surface area (Å²) in [5.74, 6) is 1.31. The molecule has 29 heavy (non-hydrogen) atoms. The number of rotatable bonds is 3. The Balaban J connectivity index is 1.74. The van der Waals surface area contributed by atoms with Gasteiger partial charge < -0.3 is 15.3 Å². The van der Waals surface area contributed by atoms with Crippen LogP contribution < -0.4 is 5.32 Å². The van der Waals surface area contributed by atoms with Crippen LogP contribution in [0.15, 0.2) is 29.3 Å². The molecule has 2 N–H and O–H groups in total. The second kappa shape index (κ2) is 7.70. The molecule has 3 heterocycles. The number of thiazole rings is 1. The molecule has 0 radical (unpaired) electrons. The molecule has 2 aliphatic heterocycles. The summed E-state index contributed by atoms with van der Waals surface area (Å²) in [6.07, 6.45) is 0.725. The normalized spacial score (nSPS) is 20.0. The van der Waals surface area contributed by atoms with Crippen LogP contribution in [0.25, 0.3) is 0 Å². The van der Waals surface area contributed by atoms with Crippen LogP contribution in [0.4, 0.5) is 16.4 Å². The molecule has 0 saturated carbocycles. The third-order valence-electron chi connectivity index (χ3n) is 5.54. The number of aliphatic imine (C=N–C) groups is 1. The number of anilines is 2. The minimum atomic E-state index is -0.696. The lowest BCUT2D eigenvalue weighted by atomic mass is 9.96. The molecule has 7 heteroatoms. The Morgan fingerprint density at radius 1 is 1.28 bits per heavy atom. The smallest absolute Gasteiger partial charge is 0.158 e. The van der Waals surface area contributed by atoms with Crippen molar-refractivity contribution in [1.29, 1.82) is 0 Å². The SMILES string of the molecule is CC(C)c1nc2c(s1)Nc1ccccc1N=C2N1CCN(C)C(CC(C)(C)O)C1. The maximum atomic E-state index is 10.4. The molecule has 1 aromatic heterocycles. The van der Waals surface area contributed by atoms with E-state index in [1.54, 1.807) is 11.3 Å². The molecule has 1 saturated heterocycles. The molecule has 1 atom stereocenters. The number of piperazine rings is 1. The minimum Gasteiger partial charge on any atom is -0.390 e. The highest BCUT2D eigenvalue weighted by Gasteiger charge is 2.33. The molecule has 0 amide bonds. The maximum absolute atomic E-state index is 10.4. The van der Waals surface area contributed by atoms with Gasteiger partial charge in [0, 0.05) is 31.6 Å². The molecule has 2 aromatic rings. The number of nitrogens with zero attached hydrogens (tertiary/aromatic N) is 4. The van der Waals surface area contributed by atoms with E-state index < -0.39 is 5.60 Å². The summed E-state index contributed by atoms with van der Waals surface area (Å²) in [4.78, 5) is 14.8. The molecule has 4 rings (SSSR count). The number of benzene rings is 1. The Labute approximate surface area is 177 Å². The zero-order chi connectivity index (χ0) is 20.8. The number of aromatic nitrogens is 1. The molecule has 1 unspecified atom stereocenters. The van der Waals surface area contributed by atoms with Crippen molar-refractivity contribution in [3.8, 4) is 0 Å². The number of aliphatic hydroxyl groups is 1. The third-order valence-corrected chi connectivity index (χ3v) is 6.81. The van der Waals surface area contributed by atoms with Gasteiger partial charge in [-0.3, -0.25) is 4.90 Å². The molecule has 1 aromatic carbocycles. The predicted molar refractivity (Wildman–Crippen MR) is 121 cm³/mol. The quantitative estimate of drug-likeness (QED) is 0.790. The molecule has 0 bridgehead atoms. The van der Waals surface area contributed by atoms with E-state index in [2.05, 4.69) is 42.1 Å². The van der Waals surface area contributed by atoms with Crippen molar-refractivity contribution in [2.75, 3.05) is 32.0 Å². The fourth-order valence-corrected chi connectivity index (χ4v) is 4.92. The van der Waals surface area contributed by atoms with Crippen molar-refractivity contribution >= 4 is 33.5 Å². The summed E-state index contributed by atoms with van der Waals surface area (Å²) in [5.41, 5.74) is 2.21. The van der Waals surface area contributed by atoms with E-state index in [0.717, 1.165) is 59.0 Å². The number of hydrogen-bond acceptors (Lipinski definition) is 7. The third kappa shape index (κ3) is 4.32. The molecular weight excluding hydrogens is 382 g/mol. The van der Waals surface area contributed by atoms with Crippen molar-refractivity contribution in [3.05, 3.63) is 35.0 Å². The Hall–Kier alpha value is -1.96. The van der Waals surface area contributed by atoms with Crippen LogP contribution in [0, 0.1) is 0 Å². The summed E-state index contributed by atoms with van der Waals surface area (Å²) < 4.78 is 0. The standard InChI is InChI=1S/C22H31N5OS/c1-14(2)20-25-18-19(23-16-8-6-7-9-17(16)24-21(18)29-20)27-11-10-26(5)15(13-27)12-22(3,4)28/h6-9,14-15,24,28H,10-13H2,1-5H3. The molecular formula is C22H31N5OS. The molecule has 0 aliphatic carbocycles. The number of amidine groups is 1. The summed E-state index contributed by atoms with van der Waals surface area (Å²) >= 11 is 1.72. The highest BCUT2D eigenvalue weighted by Crippen LogP contribution is 2.39. The first-order valence-electron chi connectivity index (χ1n) is 10.3. The number of para-hydroxylation sites is 2. The van der Waals surface area contributed by atoms with Gasteiger partial charge in [-0.2, -0.15) is 0 Å². The van der Waals surface area contributed by atoms with Gasteiger partial charge in [-0.1, -0.05) is 26.0 Å². The number of nitrogens with one attached hydrogen (secondary N) is 1. The van der Waals surface area contributed by atoms with Gasteiger partial charge in [0.25, 0.3) is 0 Å². The van der Waals surface area contributed by atoms with Gasteiger partial charge in [-0.05, 0) is 39.4 Å². The number of fused-ring (bicyclic) bond motifs is 2. The highest BCUT2D eigenvalue weighted by molar-refractivity contribution is 7.16. The van der Waals surface area contributed by atoms with E-state index in [1.165, 1.54) is 0 Å². The van der Waals surface area contributed by atoms with Crippen molar-refractivity contribution in [2.45, 2.75) is 51.7 Å². The van der Waals surface area contributed by atoms with Gasteiger partial charge in [0.1, 0.15) is 10.7 Å². The first-order valence-corrected chi connectivity index (χ1v) is 11.2. The summed E-state index contributed by atoms with van der Waals surface area (Å²) in [7, 11) is 2.14. The fraction of sp³-hybridized carbons (Fsp3) is 0.545. The maximum Gasteiger partial charge on any atom is 0.158 e. The summed E-state index contributed by atoms with van der Waals surface area (Å²) in [5, 5.41) is 16.1. The van der Waals surface area contributed by atoms with Crippen LogP contribution in [0.5, 0.6) is 0 Å². The largest absolute Gasteiger partial charge is 0.390 e. The van der Waals surface area contributed by atoms with E-state index in [-0.39, 0.29) is 6.04 Å². The summed E-state index contributed by atoms with van der Waals surface area (Å²) in [6.45, 7) is 10.8. The van der Waals surface area contributed by atoms with Crippen LogP contribution in [0.2, 0.25) is 0 Å². The monoisotopic (exact) mass is 413 g/mol. The average molecular weight is 414 g/mol. The van der Waals surface area contributed by atoms with Crippen LogP contribution in [-0.2, 0) is 0 Å². The first-order chi connectivity index (χ1) is 13.7. The lowest BCUT2D eigenvalue weighted by Crippen LogP contribution is -2.55. The van der Waals surface area contributed by atoms with Crippen molar-refractivity contribution in [1.82, 2.24) is 14.8 Å². The Bertz CT molecular complexity index is 914. The molecule has 1 fully saturated rings. The van der Waals surface area contributed by atoms with Crippen molar-refractivity contribution in [3.63, 3.8) is 0 Å². The van der Waals surface area contributed by atoms with E-state index in [4.69, 9.17) is 9.98 Å². The van der Waals surface area contributed by atoms with Gasteiger partial charge >= 0.3 is 0 Å². The van der Waals surface area contributed by atoms with Crippen LogP contribution >= 0.6 is 11.3 Å². The Kier molecular flexibility index (Phi) is 5.40. The zero-order valence-corrected chi connectivity index (χ0v) is 18.8. The molecule has 2 aliphatic rings. The van der Waals surface area contributed by atoms with Crippen LogP contribution in [-0.4, -0.2) is 64.1 Å². The van der Waals surface area contributed by atoms with Crippen molar-refractivity contribution in [2.24, 2.45) is 4.99 Å².